The fourth-order valence-electron chi connectivity index (χ4n) is 3.00. The fraction of sp³-hybridized carbons (Fsp3) is 0.867. The lowest BCUT2D eigenvalue weighted by molar-refractivity contribution is -0.122. The van der Waals surface area contributed by atoms with Crippen molar-refractivity contribution in [2.24, 2.45) is 11.8 Å². The molecule has 3 nitrogen and oxygen atoms in total. The molecule has 1 N–H and O–H groups in total. The van der Waals surface area contributed by atoms with Crippen LogP contribution in [0.1, 0.15) is 64.2 Å². The van der Waals surface area contributed by atoms with Crippen LogP contribution < -0.4 is 5.32 Å². The van der Waals surface area contributed by atoms with E-state index in [0.29, 0.717) is 12.5 Å². The number of nitrogens with one attached hydrogen (secondary N) is 1. The maximum Gasteiger partial charge on any atom is 0.220 e. The van der Waals surface area contributed by atoms with Crippen molar-refractivity contribution in [2.75, 3.05) is 0 Å². The van der Waals surface area contributed by atoms with Gasteiger partial charge >= 0.3 is 0 Å². The number of hydrogen-bond acceptors (Lipinski definition) is 2. The zero-order chi connectivity index (χ0) is 12.8. The first kappa shape index (κ1) is 13.4. The molecule has 0 aliphatic heterocycles. The van der Waals surface area contributed by atoms with E-state index in [-0.39, 0.29) is 11.8 Å². The van der Waals surface area contributed by atoms with Gasteiger partial charge in [-0.2, -0.15) is 5.26 Å². The lowest BCUT2D eigenvalue weighted by Crippen LogP contribution is -2.37. The molecule has 2 rings (SSSR count). The number of carbonyl (C=O) groups is 1. The highest BCUT2D eigenvalue weighted by atomic mass is 16.1. The van der Waals surface area contributed by atoms with E-state index in [1.165, 1.54) is 25.7 Å². The van der Waals surface area contributed by atoms with E-state index in [1.54, 1.807) is 0 Å². The van der Waals surface area contributed by atoms with Crippen LogP contribution in [0.3, 0.4) is 0 Å². The van der Waals surface area contributed by atoms with Crippen LogP contribution >= 0.6 is 0 Å². The van der Waals surface area contributed by atoms with Gasteiger partial charge in [0.2, 0.25) is 5.91 Å². The molecule has 18 heavy (non-hydrogen) atoms. The van der Waals surface area contributed by atoms with Crippen molar-refractivity contribution in [3.63, 3.8) is 0 Å². The first-order valence-corrected chi connectivity index (χ1v) is 7.47. The Balaban J connectivity index is 1.55. The molecule has 0 radical (unpaired) electrons. The number of nitriles is 1. The molecule has 0 aromatic heterocycles. The highest BCUT2D eigenvalue weighted by Gasteiger charge is 2.22. The molecule has 0 unspecified atom stereocenters. The third-order valence-electron chi connectivity index (χ3n) is 4.52. The van der Waals surface area contributed by atoms with Crippen LogP contribution in [0.4, 0.5) is 0 Å². The molecular weight excluding hydrogens is 224 g/mol. The number of amides is 1. The van der Waals surface area contributed by atoms with Crippen molar-refractivity contribution in [1.29, 1.82) is 5.26 Å². The van der Waals surface area contributed by atoms with Crippen molar-refractivity contribution in [3.8, 4) is 6.07 Å². The first-order chi connectivity index (χ1) is 8.78. The maximum absolute atomic E-state index is 11.8. The molecule has 0 bridgehead atoms. The summed E-state index contributed by atoms with van der Waals surface area (Å²) in [6.07, 6.45) is 11.0. The third-order valence-corrected chi connectivity index (χ3v) is 4.52. The van der Waals surface area contributed by atoms with E-state index in [2.05, 4.69) is 11.4 Å². The minimum Gasteiger partial charge on any atom is -0.353 e. The summed E-state index contributed by atoms with van der Waals surface area (Å²) in [6.45, 7) is 0. The van der Waals surface area contributed by atoms with Crippen molar-refractivity contribution in [2.45, 2.75) is 70.3 Å². The molecule has 0 atom stereocenters. The molecule has 0 aromatic rings. The van der Waals surface area contributed by atoms with Crippen LogP contribution in [0.15, 0.2) is 0 Å². The van der Waals surface area contributed by atoms with Gasteiger partial charge in [-0.15, -0.1) is 0 Å². The van der Waals surface area contributed by atoms with E-state index in [9.17, 15) is 4.79 Å². The molecular formula is C15H24N2O. The Morgan fingerprint density at radius 1 is 1.17 bits per heavy atom. The van der Waals surface area contributed by atoms with E-state index in [0.717, 1.165) is 38.0 Å². The van der Waals surface area contributed by atoms with E-state index in [4.69, 9.17) is 5.26 Å². The summed E-state index contributed by atoms with van der Waals surface area (Å²) in [5.41, 5.74) is 0. The highest BCUT2D eigenvalue weighted by Crippen LogP contribution is 2.30. The number of hydrogen-bond donors (Lipinski definition) is 1. The number of rotatable bonds is 5. The number of nitrogens with zero attached hydrogens (tertiary/aromatic N) is 1. The molecule has 0 heterocycles. The Hall–Kier alpha value is -1.04. The molecule has 0 saturated heterocycles. The van der Waals surface area contributed by atoms with Gasteiger partial charge in [0.1, 0.15) is 0 Å². The molecule has 2 fully saturated rings. The van der Waals surface area contributed by atoms with Gasteiger partial charge in [-0.25, -0.2) is 0 Å². The Morgan fingerprint density at radius 2 is 1.89 bits per heavy atom. The van der Waals surface area contributed by atoms with Gasteiger partial charge in [0.05, 0.1) is 6.07 Å². The first-order valence-electron chi connectivity index (χ1n) is 7.47. The summed E-state index contributed by atoms with van der Waals surface area (Å²) >= 11 is 0. The van der Waals surface area contributed by atoms with Crippen LogP contribution in [0.2, 0.25) is 0 Å². The van der Waals surface area contributed by atoms with Crippen LogP contribution in [-0.2, 0) is 4.79 Å². The van der Waals surface area contributed by atoms with Crippen LogP contribution in [0.5, 0.6) is 0 Å². The predicted molar refractivity (Wildman–Crippen MR) is 70.7 cm³/mol. The average molecular weight is 248 g/mol. The second-order valence-corrected chi connectivity index (χ2v) is 5.93. The summed E-state index contributed by atoms with van der Waals surface area (Å²) in [5, 5.41) is 11.9. The lowest BCUT2D eigenvalue weighted by atomic mass is 9.82. The Bertz CT molecular complexity index is 309. The van der Waals surface area contributed by atoms with Crippen molar-refractivity contribution in [1.82, 2.24) is 5.32 Å². The minimum atomic E-state index is 0.217. The normalized spacial score (nSPS) is 28.2. The largest absolute Gasteiger partial charge is 0.353 e. The minimum absolute atomic E-state index is 0.217. The van der Waals surface area contributed by atoms with E-state index >= 15 is 0 Å². The Labute approximate surface area is 110 Å². The molecule has 0 spiro atoms. The molecule has 2 aliphatic carbocycles. The summed E-state index contributed by atoms with van der Waals surface area (Å²) < 4.78 is 0. The van der Waals surface area contributed by atoms with Crippen molar-refractivity contribution < 1.29 is 4.79 Å². The fourth-order valence-corrected chi connectivity index (χ4v) is 3.00. The lowest BCUT2D eigenvalue weighted by Gasteiger charge is -2.26. The highest BCUT2D eigenvalue weighted by molar-refractivity contribution is 5.76. The monoisotopic (exact) mass is 248 g/mol. The summed E-state index contributed by atoms with van der Waals surface area (Å²) in [5.74, 6) is 1.34. The predicted octanol–water partition coefficient (Wildman–Crippen LogP) is 3.16. The van der Waals surface area contributed by atoms with Gasteiger partial charge in [0.15, 0.2) is 0 Å². The molecule has 2 aliphatic rings. The van der Waals surface area contributed by atoms with Gasteiger partial charge in [0.25, 0.3) is 0 Å². The Kier molecular flexibility index (Phi) is 5.04. The zero-order valence-corrected chi connectivity index (χ0v) is 11.2. The Morgan fingerprint density at radius 3 is 2.44 bits per heavy atom. The second-order valence-electron chi connectivity index (χ2n) is 5.93. The van der Waals surface area contributed by atoms with Gasteiger partial charge in [-0.1, -0.05) is 19.3 Å². The smallest absolute Gasteiger partial charge is 0.220 e. The van der Waals surface area contributed by atoms with Gasteiger partial charge in [-0.05, 0) is 44.4 Å². The summed E-state index contributed by atoms with van der Waals surface area (Å²) in [7, 11) is 0. The van der Waals surface area contributed by atoms with Crippen LogP contribution in [0, 0.1) is 23.2 Å². The maximum atomic E-state index is 11.8. The SMILES string of the molecule is N#CC1CCC(NC(=O)CCCC2CCC2)CC1. The molecule has 1 amide bonds. The van der Waals surface area contributed by atoms with Gasteiger partial charge in [-0.3, -0.25) is 4.79 Å². The molecule has 3 heteroatoms. The summed E-state index contributed by atoms with van der Waals surface area (Å²) in [6, 6.07) is 2.65. The topological polar surface area (TPSA) is 52.9 Å². The number of carbonyl (C=O) groups excluding carboxylic acids is 1. The second kappa shape index (κ2) is 6.78. The zero-order valence-electron chi connectivity index (χ0n) is 11.2. The molecule has 0 aromatic carbocycles. The van der Waals surface area contributed by atoms with Crippen LogP contribution in [-0.4, -0.2) is 11.9 Å². The average Bonchev–Trinajstić information content (AvgIpc) is 2.33. The standard InChI is InChI=1S/C15H24N2O/c16-11-13-7-9-14(10-8-13)17-15(18)6-2-5-12-3-1-4-12/h12-14H,1-10H2,(H,17,18). The third kappa shape index (κ3) is 4.01. The van der Waals surface area contributed by atoms with Crippen molar-refractivity contribution >= 4 is 5.91 Å². The van der Waals surface area contributed by atoms with Gasteiger partial charge < -0.3 is 5.32 Å². The van der Waals surface area contributed by atoms with Crippen molar-refractivity contribution in [3.05, 3.63) is 0 Å². The van der Waals surface area contributed by atoms with Crippen LogP contribution in [0.25, 0.3) is 0 Å². The molecule has 2 saturated carbocycles. The van der Waals surface area contributed by atoms with E-state index in [1.807, 2.05) is 0 Å². The molecule has 100 valence electrons. The quantitative estimate of drug-likeness (QED) is 0.812. The van der Waals surface area contributed by atoms with Gasteiger partial charge in [0, 0.05) is 18.4 Å². The summed E-state index contributed by atoms with van der Waals surface area (Å²) in [4.78, 5) is 11.8. The van der Waals surface area contributed by atoms with E-state index < -0.39 is 0 Å².